The summed E-state index contributed by atoms with van der Waals surface area (Å²) in [6, 6.07) is 16.5. The molecule has 0 heterocycles. The van der Waals surface area contributed by atoms with Crippen LogP contribution in [0.5, 0.6) is 0 Å². The van der Waals surface area contributed by atoms with Crippen LogP contribution < -0.4 is 0 Å². The molecule has 0 spiro atoms. The third-order valence-corrected chi connectivity index (χ3v) is 3.58. The number of hydrogen-bond acceptors (Lipinski definition) is 0. The molecule has 0 amide bonds. The average Bonchev–Trinajstić information content (AvgIpc) is 2.43. The summed E-state index contributed by atoms with van der Waals surface area (Å²) in [5.41, 5.74) is 2.60. The Morgan fingerprint density at radius 1 is 0.750 bits per heavy atom. The second-order valence-electron chi connectivity index (χ2n) is 4.24. The molecule has 0 unspecified atom stereocenters. The van der Waals surface area contributed by atoms with Gasteiger partial charge >= 0.3 is 0 Å². The lowest BCUT2D eigenvalue weighted by Gasteiger charge is -1.95. The highest BCUT2D eigenvalue weighted by molar-refractivity contribution is 9.10. The number of hydrogen-bond donors (Lipinski definition) is 0. The van der Waals surface area contributed by atoms with Gasteiger partial charge in [-0.2, -0.15) is 0 Å². The minimum atomic E-state index is 0.944. The molecule has 0 N–H and O–H groups in total. The molecule has 20 heavy (non-hydrogen) atoms. The van der Waals surface area contributed by atoms with Crippen molar-refractivity contribution in [3.63, 3.8) is 0 Å². The molecule has 0 aromatic heterocycles. The Labute approximate surface area is 138 Å². The molecular formula is C18H18Br2. The van der Waals surface area contributed by atoms with Gasteiger partial charge in [0.15, 0.2) is 0 Å². The number of benzene rings is 2. The van der Waals surface area contributed by atoms with Gasteiger partial charge in [-0.05, 0) is 48.2 Å². The van der Waals surface area contributed by atoms with Crippen LogP contribution in [0.25, 0.3) is 0 Å². The van der Waals surface area contributed by atoms with E-state index in [2.05, 4.69) is 69.3 Å². The van der Waals surface area contributed by atoms with Gasteiger partial charge < -0.3 is 0 Å². The molecule has 0 saturated heterocycles. The van der Waals surface area contributed by atoms with Gasteiger partial charge in [0, 0.05) is 8.95 Å². The summed E-state index contributed by atoms with van der Waals surface area (Å²) in [5, 5.41) is 0. The van der Waals surface area contributed by atoms with Gasteiger partial charge in [0.05, 0.1) is 0 Å². The summed E-state index contributed by atoms with van der Waals surface area (Å²) in [6.45, 7) is 7.34. The summed E-state index contributed by atoms with van der Waals surface area (Å²) in [4.78, 5) is 0. The van der Waals surface area contributed by atoms with E-state index in [4.69, 9.17) is 0 Å². The van der Waals surface area contributed by atoms with Gasteiger partial charge in [-0.1, -0.05) is 68.3 Å². The van der Waals surface area contributed by atoms with Crippen LogP contribution in [0.2, 0.25) is 0 Å². The van der Waals surface area contributed by atoms with Gasteiger partial charge in [0.2, 0.25) is 0 Å². The molecule has 0 aliphatic carbocycles. The van der Waals surface area contributed by atoms with E-state index in [9.17, 15) is 0 Å². The predicted molar refractivity (Wildman–Crippen MR) is 96.1 cm³/mol. The number of rotatable bonds is 4. The summed E-state index contributed by atoms with van der Waals surface area (Å²) in [6.07, 6.45) is 5.71. The van der Waals surface area contributed by atoms with Crippen LogP contribution in [0.1, 0.15) is 11.1 Å². The van der Waals surface area contributed by atoms with Gasteiger partial charge in [-0.15, -0.1) is 13.2 Å². The fourth-order valence-electron chi connectivity index (χ4n) is 1.62. The van der Waals surface area contributed by atoms with E-state index < -0.39 is 0 Å². The Hall–Kier alpha value is -1.12. The fourth-order valence-corrected chi connectivity index (χ4v) is 2.33. The monoisotopic (exact) mass is 392 g/mol. The highest BCUT2D eigenvalue weighted by Gasteiger charge is 1.88. The normalized spacial score (nSPS) is 9.30. The molecule has 0 aliphatic rings. The summed E-state index contributed by atoms with van der Waals surface area (Å²) in [7, 11) is 0. The highest BCUT2D eigenvalue weighted by Crippen LogP contribution is 2.12. The zero-order valence-corrected chi connectivity index (χ0v) is 14.5. The van der Waals surface area contributed by atoms with Gasteiger partial charge in [0.1, 0.15) is 0 Å². The second kappa shape index (κ2) is 9.73. The van der Waals surface area contributed by atoms with E-state index in [-0.39, 0.29) is 0 Å². The minimum absolute atomic E-state index is 0.944. The van der Waals surface area contributed by atoms with Gasteiger partial charge in [-0.25, -0.2) is 0 Å². The molecule has 2 rings (SSSR count). The summed E-state index contributed by atoms with van der Waals surface area (Å²) >= 11 is 6.77. The van der Waals surface area contributed by atoms with Crippen molar-refractivity contribution in [3.8, 4) is 0 Å². The van der Waals surface area contributed by atoms with Crippen LogP contribution in [0.15, 0.2) is 82.8 Å². The van der Waals surface area contributed by atoms with Crippen molar-refractivity contribution in [1.82, 2.24) is 0 Å². The Balaban J connectivity index is 0.000000200. The lowest BCUT2D eigenvalue weighted by molar-refractivity contribution is 1.27. The maximum absolute atomic E-state index is 3.67. The standard InChI is InChI=1S/2C9H9Br/c1-2-4-8-5-3-6-9(10)7-8;1-2-3-8-4-6-9(10)7-5-8/h2-3,5-7H,1,4H2;2,4-7H,1,3H2. The van der Waals surface area contributed by atoms with Crippen LogP contribution >= 0.6 is 31.9 Å². The van der Waals surface area contributed by atoms with Crippen LogP contribution in [0.3, 0.4) is 0 Å². The van der Waals surface area contributed by atoms with E-state index in [1.54, 1.807) is 0 Å². The molecule has 0 atom stereocenters. The Morgan fingerprint density at radius 3 is 1.90 bits per heavy atom. The van der Waals surface area contributed by atoms with Gasteiger partial charge in [-0.3, -0.25) is 0 Å². The van der Waals surface area contributed by atoms with Crippen molar-refractivity contribution in [2.24, 2.45) is 0 Å². The molecule has 2 aromatic rings. The first-order chi connectivity index (χ1) is 9.65. The van der Waals surface area contributed by atoms with Crippen LogP contribution in [-0.4, -0.2) is 0 Å². The zero-order chi connectivity index (χ0) is 14.8. The van der Waals surface area contributed by atoms with Crippen molar-refractivity contribution in [3.05, 3.63) is 93.9 Å². The average molecular weight is 394 g/mol. The van der Waals surface area contributed by atoms with Crippen molar-refractivity contribution in [2.75, 3.05) is 0 Å². The van der Waals surface area contributed by atoms with E-state index in [0.29, 0.717) is 0 Å². The SMILES string of the molecule is C=CCc1ccc(Br)cc1.C=CCc1cccc(Br)c1. The third kappa shape index (κ3) is 6.88. The topological polar surface area (TPSA) is 0 Å². The Morgan fingerprint density at radius 2 is 1.35 bits per heavy atom. The van der Waals surface area contributed by atoms with Crippen molar-refractivity contribution >= 4 is 31.9 Å². The van der Waals surface area contributed by atoms with Gasteiger partial charge in [0.25, 0.3) is 0 Å². The molecule has 0 bridgehead atoms. The first kappa shape index (κ1) is 16.9. The van der Waals surface area contributed by atoms with Crippen molar-refractivity contribution in [1.29, 1.82) is 0 Å². The van der Waals surface area contributed by atoms with Crippen molar-refractivity contribution < 1.29 is 0 Å². The molecule has 0 saturated carbocycles. The van der Waals surface area contributed by atoms with Crippen LogP contribution in [-0.2, 0) is 12.8 Å². The smallest absolute Gasteiger partial charge is 0.0178 e. The quantitative estimate of drug-likeness (QED) is 0.530. The lowest BCUT2D eigenvalue weighted by atomic mass is 10.2. The van der Waals surface area contributed by atoms with Crippen LogP contribution in [0, 0.1) is 0 Å². The summed E-state index contributed by atoms with van der Waals surface area (Å²) < 4.78 is 2.26. The molecule has 0 nitrogen and oxygen atoms in total. The fraction of sp³-hybridized carbons (Fsp3) is 0.111. The van der Waals surface area contributed by atoms with E-state index in [1.807, 2.05) is 36.4 Å². The Bertz CT molecular complexity index is 542. The maximum atomic E-state index is 3.67. The Kier molecular flexibility index (Phi) is 8.24. The van der Waals surface area contributed by atoms with Crippen LogP contribution in [0.4, 0.5) is 0 Å². The minimum Gasteiger partial charge on any atom is -0.103 e. The number of allylic oxidation sites excluding steroid dienone is 2. The second-order valence-corrected chi connectivity index (χ2v) is 6.07. The van der Waals surface area contributed by atoms with E-state index in [1.165, 1.54) is 11.1 Å². The third-order valence-electron chi connectivity index (χ3n) is 2.56. The summed E-state index contributed by atoms with van der Waals surface area (Å²) in [5.74, 6) is 0. The molecule has 0 fully saturated rings. The predicted octanol–water partition coefficient (Wildman–Crippen LogP) is 6.36. The van der Waals surface area contributed by atoms with Crippen molar-refractivity contribution in [2.45, 2.75) is 12.8 Å². The molecule has 2 aromatic carbocycles. The molecule has 2 heteroatoms. The lowest BCUT2D eigenvalue weighted by Crippen LogP contribution is -1.77. The number of halogens is 2. The molecule has 104 valence electrons. The largest absolute Gasteiger partial charge is 0.103 e. The zero-order valence-electron chi connectivity index (χ0n) is 11.4. The molecule has 0 radical (unpaired) electrons. The molecular weight excluding hydrogens is 376 g/mol. The highest BCUT2D eigenvalue weighted by atomic mass is 79.9. The molecule has 0 aliphatic heterocycles. The van der Waals surface area contributed by atoms with E-state index in [0.717, 1.165) is 21.8 Å². The first-order valence-corrected chi connectivity index (χ1v) is 7.95. The maximum Gasteiger partial charge on any atom is 0.0178 e. The first-order valence-electron chi connectivity index (χ1n) is 6.36. The van der Waals surface area contributed by atoms with E-state index >= 15 is 0 Å².